The Morgan fingerprint density at radius 1 is 1.06 bits per heavy atom. The average Bonchev–Trinajstić information content (AvgIpc) is 3.42. The molecule has 3 aromatic carbocycles. The number of urea groups is 1. The van der Waals surface area contributed by atoms with E-state index in [9.17, 15) is 9.18 Å². The van der Waals surface area contributed by atoms with Crippen molar-refractivity contribution in [2.75, 3.05) is 11.9 Å². The number of fused-ring (bicyclic) bond motifs is 1. The van der Waals surface area contributed by atoms with Gasteiger partial charge in [0.15, 0.2) is 5.58 Å². The molecule has 4 aromatic rings. The highest BCUT2D eigenvalue weighted by Crippen LogP contribution is 2.35. The van der Waals surface area contributed by atoms with E-state index >= 15 is 0 Å². The Morgan fingerprint density at radius 3 is 2.62 bits per heavy atom. The van der Waals surface area contributed by atoms with E-state index in [2.05, 4.69) is 11.4 Å². The Bertz CT molecular complexity index is 1300. The fourth-order valence-corrected chi connectivity index (χ4v) is 4.32. The monoisotopic (exact) mass is 429 g/mol. The molecule has 1 aliphatic heterocycles. The zero-order valence-corrected chi connectivity index (χ0v) is 18.1. The number of hydrogen-bond acceptors (Lipinski definition) is 3. The van der Waals surface area contributed by atoms with Gasteiger partial charge in [0.05, 0.1) is 0 Å². The van der Waals surface area contributed by atoms with Crippen LogP contribution in [0.5, 0.6) is 0 Å². The van der Waals surface area contributed by atoms with Crippen LogP contribution in [0.25, 0.3) is 22.2 Å². The summed E-state index contributed by atoms with van der Waals surface area (Å²) in [5.41, 5.74) is 6.25. The van der Waals surface area contributed by atoms with Crippen LogP contribution in [0.1, 0.15) is 35.9 Å². The Balaban J connectivity index is 1.39. The Kier molecular flexibility index (Phi) is 5.13. The van der Waals surface area contributed by atoms with Crippen molar-refractivity contribution in [3.8, 4) is 11.1 Å². The molecule has 5 nitrogen and oxygen atoms in total. The van der Waals surface area contributed by atoms with Gasteiger partial charge in [0.25, 0.3) is 0 Å². The second-order valence-corrected chi connectivity index (χ2v) is 8.34. The normalized spacial score (nSPS) is 16.0. The van der Waals surface area contributed by atoms with Crippen molar-refractivity contribution in [3.05, 3.63) is 83.5 Å². The molecule has 5 rings (SSSR count). The second-order valence-electron chi connectivity index (χ2n) is 8.34. The minimum atomic E-state index is -0.265. The SMILES string of the molecule is Cc1ccc(NC(=O)N2CCC[C@H]2c2nc3cc(-c4ccc(F)cc4)ccc3o2)c(C)c1. The number of carbonyl (C=O) groups excluding carboxylic acids is 1. The van der Waals surface area contributed by atoms with E-state index in [1.54, 1.807) is 17.0 Å². The van der Waals surface area contributed by atoms with E-state index in [1.807, 2.05) is 44.2 Å². The second kappa shape index (κ2) is 8.11. The van der Waals surface area contributed by atoms with Crippen molar-refractivity contribution in [1.29, 1.82) is 0 Å². The van der Waals surface area contributed by atoms with Crippen molar-refractivity contribution < 1.29 is 13.6 Å². The Morgan fingerprint density at radius 2 is 1.84 bits per heavy atom. The molecule has 162 valence electrons. The summed E-state index contributed by atoms with van der Waals surface area (Å²) < 4.78 is 19.3. The Hall–Kier alpha value is -3.67. The van der Waals surface area contributed by atoms with E-state index < -0.39 is 0 Å². The third-order valence-corrected chi connectivity index (χ3v) is 6.00. The van der Waals surface area contributed by atoms with E-state index in [1.165, 1.54) is 12.1 Å². The fraction of sp³-hybridized carbons (Fsp3) is 0.231. The number of aromatic nitrogens is 1. The van der Waals surface area contributed by atoms with Crippen molar-refractivity contribution >= 4 is 22.8 Å². The molecule has 0 saturated carbocycles. The molecule has 0 unspecified atom stereocenters. The molecule has 0 aliphatic carbocycles. The molecule has 0 bridgehead atoms. The van der Waals surface area contributed by atoms with Crippen molar-refractivity contribution in [2.45, 2.75) is 32.7 Å². The maximum Gasteiger partial charge on any atom is 0.322 e. The lowest BCUT2D eigenvalue weighted by atomic mass is 10.1. The lowest BCUT2D eigenvalue weighted by Crippen LogP contribution is -2.34. The van der Waals surface area contributed by atoms with Crippen molar-refractivity contribution in [3.63, 3.8) is 0 Å². The number of anilines is 1. The summed E-state index contributed by atoms with van der Waals surface area (Å²) in [5.74, 6) is 0.281. The van der Waals surface area contributed by atoms with E-state index in [0.29, 0.717) is 18.0 Å². The van der Waals surface area contributed by atoms with Gasteiger partial charge in [-0.1, -0.05) is 35.9 Å². The first-order chi connectivity index (χ1) is 15.5. The van der Waals surface area contributed by atoms with Gasteiger partial charge in [-0.3, -0.25) is 0 Å². The molecule has 1 fully saturated rings. The summed E-state index contributed by atoms with van der Waals surface area (Å²) in [6.45, 7) is 4.67. The lowest BCUT2D eigenvalue weighted by Gasteiger charge is -2.23. The first kappa shape index (κ1) is 20.2. The fourth-order valence-electron chi connectivity index (χ4n) is 4.32. The average molecular weight is 429 g/mol. The topological polar surface area (TPSA) is 58.4 Å². The summed E-state index contributed by atoms with van der Waals surface area (Å²) in [4.78, 5) is 19.5. The first-order valence-corrected chi connectivity index (χ1v) is 10.8. The maximum absolute atomic E-state index is 13.2. The number of oxazole rings is 1. The molecule has 1 aromatic heterocycles. The van der Waals surface area contributed by atoms with E-state index in [4.69, 9.17) is 9.40 Å². The van der Waals surface area contributed by atoms with E-state index in [0.717, 1.165) is 46.3 Å². The summed E-state index contributed by atoms with van der Waals surface area (Å²) in [7, 11) is 0. The van der Waals surface area contributed by atoms with Gasteiger partial charge in [-0.05, 0) is 73.7 Å². The van der Waals surface area contributed by atoms with Gasteiger partial charge >= 0.3 is 6.03 Å². The molecule has 0 spiro atoms. The van der Waals surface area contributed by atoms with Crippen LogP contribution in [0, 0.1) is 19.7 Å². The molecule has 2 heterocycles. The molecule has 1 saturated heterocycles. The number of aryl methyl sites for hydroxylation is 2. The van der Waals surface area contributed by atoms with Gasteiger partial charge < -0.3 is 14.6 Å². The molecule has 1 aliphatic rings. The molecule has 2 amide bonds. The number of likely N-dealkylation sites (tertiary alicyclic amines) is 1. The molecule has 0 radical (unpaired) electrons. The highest BCUT2D eigenvalue weighted by molar-refractivity contribution is 5.90. The number of nitrogens with one attached hydrogen (secondary N) is 1. The van der Waals surface area contributed by atoms with Gasteiger partial charge in [0.1, 0.15) is 17.4 Å². The minimum absolute atomic E-state index is 0.145. The van der Waals surface area contributed by atoms with Crippen molar-refractivity contribution in [1.82, 2.24) is 9.88 Å². The molecule has 6 heteroatoms. The molecular weight excluding hydrogens is 405 g/mol. The van der Waals surface area contributed by atoms with E-state index in [-0.39, 0.29) is 17.9 Å². The summed E-state index contributed by atoms with van der Waals surface area (Å²) in [6, 6.07) is 17.7. The largest absolute Gasteiger partial charge is 0.438 e. The van der Waals surface area contributed by atoms with Gasteiger partial charge in [0, 0.05) is 12.2 Å². The smallest absolute Gasteiger partial charge is 0.322 e. The van der Waals surface area contributed by atoms with Crippen LogP contribution in [0.4, 0.5) is 14.9 Å². The van der Waals surface area contributed by atoms with Crippen LogP contribution < -0.4 is 5.32 Å². The zero-order chi connectivity index (χ0) is 22.2. The minimum Gasteiger partial charge on any atom is -0.438 e. The number of hydrogen-bond donors (Lipinski definition) is 1. The van der Waals surface area contributed by atoms with Gasteiger partial charge in [-0.25, -0.2) is 14.2 Å². The maximum atomic E-state index is 13.2. The molecule has 1 atom stereocenters. The highest BCUT2D eigenvalue weighted by atomic mass is 19.1. The van der Waals surface area contributed by atoms with Crippen LogP contribution in [0.2, 0.25) is 0 Å². The van der Waals surface area contributed by atoms with Crippen LogP contribution >= 0.6 is 0 Å². The third-order valence-electron chi connectivity index (χ3n) is 6.00. The first-order valence-electron chi connectivity index (χ1n) is 10.8. The number of benzene rings is 3. The standard InChI is InChI=1S/C26H24FN3O2/c1-16-5-11-21(17(2)14-16)29-26(31)30-13-3-4-23(30)25-28-22-15-19(8-12-24(22)32-25)18-6-9-20(27)10-7-18/h5-12,14-15,23H,3-4,13H2,1-2H3,(H,29,31)/t23-/m0/s1. The molecule has 32 heavy (non-hydrogen) atoms. The van der Waals surface area contributed by atoms with Crippen molar-refractivity contribution in [2.24, 2.45) is 0 Å². The summed E-state index contributed by atoms with van der Waals surface area (Å²) in [5, 5.41) is 3.03. The molecule has 1 N–H and O–H groups in total. The number of amides is 2. The van der Waals surface area contributed by atoms with Crippen LogP contribution in [0.15, 0.2) is 65.1 Å². The summed E-state index contributed by atoms with van der Waals surface area (Å²) in [6.07, 6.45) is 1.70. The van der Waals surface area contributed by atoms with Crippen LogP contribution in [-0.2, 0) is 0 Å². The highest BCUT2D eigenvalue weighted by Gasteiger charge is 2.33. The predicted octanol–water partition coefficient (Wildman–Crippen LogP) is 6.62. The zero-order valence-electron chi connectivity index (χ0n) is 18.1. The summed E-state index contributed by atoms with van der Waals surface area (Å²) >= 11 is 0. The van der Waals surface area contributed by atoms with Crippen LogP contribution in [0.3, 0.4) is 0 Å². The van der Waals surface area contributed by atoms with Crippen LogP contribution in [-0.4, -0.2) is 22.5 Å². The third kappa shape index (κ3) is 3.84. The predicted molar refractivity (Wildman–Crippen MR) is 123 cm³/mol. The van der Waals surface area contributed by atoms with Gasteiger partial charge in [-0.15, -0.1) is 0 Å². The van der Waals surface area contributed by atoms with Gasteiger partial charge in [-0.2, -0.15) is 0 Å². The number of carbonyl (C=O) groups is 1. The van der Waals surface area contributed by atoms with Gasteiger partial charge in [0.2, 0.25) is 5.89 Å². The molecular formula is C26H24FN3O2. The number of halogens is 1. The quantitative estimate of drug-likeness (QED) is 0.398. The lowest BCUT2D eigenvalue weighted by molar-refractivity contribution is 0.199. The Labute approximate surface area is 185 Å². The number of rotatable bonds is 3. The number of nitrogens with zero attached hydrogens (tertiary/aromatic N) is 2.